The van der Waals surface area contributed by atoms with Crippen LogP contribution in [-0.2, 0) is 22.6 Å². The average molecular weight is 430 g/mol. The van der Waals surface area contributed by atoms with Crippen LogP contribution in [-0.4, -0.2) is 44.1 Å². The summed E-state index contributed by atoms with van der Waals surface area (Å²) in [5.74, 6) is 0.342. The summed E-state index contributed by atoms with van der Waals surface area (Å²) in [5, 5.41) is 7.93. The van der Waals surface area contributed by atoms with Crippen molar-refractivity contribution in [1.82, 2.24) is 19.7 Å². The summed E-state index contributed by atoms with van der Waals surface area (Å²) in [6, 6.07) is 1.76. The minimum absolute atomic E-state index is 0.0254. The highest BCUT2D eigenvalue weighted by molar-refractivity contribution is 6.33. The topological polar surface area (TPSA) is 80.1 Å². The molecule has 2 aliphatic heterocycles. The Morgan fingerprint density at radius 3 is 2.83 bits per heavy atom. The zero-order chi connectivity index (χ0) is 21.5. The van der Waals surface area contributed by atoms with Gasteiger partial charge in [0.1, 0.15) is 5.82 Å². The Hall–Kier alpha value is -2.41. The van der Waals surface area contributed by atoms with Crippen molar-refractivity contribution in [1.29, 1.82) is 0 Å². The third kappa shape index (κ3) is 4.21. The van der Waals surface area contributed by atoms with Crippen LogP contribution in [0.1, 0.15) is 52.1 Å². The van der Waals surface area contributed by atoms with Gasteiger partial charge in [0.25, 0.3) is 0 Å². The van der Waals surface area contributed by atoms with E-state index < -0.39 is 0 Å². The number of amides is 2. The molecule has 8 heteroatoms. The summed E-state index contributed by atoms with van der Waals surface area (Å²) >= 11 is 6.45. The maximum absolute atomic E-state index is 12.7. The Bertz CT molecular complexity index is 984. The number of piperidine rings is 1. The van der Waals surface area contributed by atoms with Gasteiger partial charge in [-0.15, -0.1) is 0 Å². The molecule has 2 aromatic heterocycles. The number of likely N-dealkylation sites (tertiary alicyclic amines) is 1. The first-order valence-corrected chi connectivity index (χ1v) is 10.9. The van der Waals surface area contributed by atoms with E-state index in [-0.39, 0.29) is 29.7 Å². The van der Waals surface area contributed by atoms with Crippen LogP contribution in [0.25, 0.3) is 11.1 Å². The molecule has 1 N–H and O–H groups in total. The number of carbonyl (C=O) groups excluding carboxylic acids is 2. The Morgan fingerprint density at radius 1 is 1.27 bits per heavy atom. The third-order valence-corrected chi connectivity index (χ3v) is 6.34. The lowest BCUT2D eigenvalue weighted by molar-refractivity contribution is -0.133. The molecule has 0 bridgehead atoms. The van der Waals surface area contributed by atoms with Crippen molar-refractivity contribution < 1.29 is 9.59 Å². The number of hydrogen-bond donors (Lipinski definition) is 1. The van der Waals surface area contributed by atoms with Gasteiger partial charge in [0.15, 0.2) is 0 Å². The number of rotatable bonds is 4. The summed E-state index contributed by atoms with van der Waals surface area (Å²) in [7, 11) is 0. The molecule has 30 heavy (non-hydrogen) atoms. The second-order valence-corrected chi connectivity index (χ2v) is 9.57. The van der Waals surface area contributed by atoms with Gasteiger partial charge < -0.3 is 10.2 Å². The highest BCUT2D eigenvalue weighted by Gasteiger charge is 2.32. The lowest BCUT2D eigenvalue weighted by Gasteiger charge is -2.34. The molecule has 1 atom stereocenters. The second-order valence-electron chi connectivity index (χ2n) is 9.17. The Balaban J connectivity index is 1.51. The summed E-state index contributed by atoms with van der Waals surface area (Å²) in [6.07, 6.45) is 7.48. The zero-order valence-corrected chi connectivity index (χ0v) is 18.5. The molecule has 2 aliphatic rings. The summed E-state index contributed by atoms with van der Waals surface area (Å²) < 4.78 is 2.03. The van der Waals surface area contributed by atoms with E-state index in [2.05, 4.69) is 29.2 Å². The fraction of sp³-hybridized carbons (Fsp3) is 0.545. The molecule has 0 aliphatic carbocycles. The number of nitrogens with one attached hydrogen (secondary N) is 1. The van der Waals surface area contributed by atoms with Crippen LogP contribution in [0.5, 0.6) is 0 Å². The third-order valence-electron chi connectivity index (χ3n) is 6.04. The number of fused-ring (bicyclic) bond motifs is 1. The molecule has 7 nitrogen and oxygen atoms in total. The lowest BCUT2D eigenvalue weighted by Crippen LogP contribution is -2.44. The van der Waals surface area contributed by atoms with Gasteiger partial charge in [-0.05, 0) is 37.2 Å². The maximum Gasteiger partial charge on any atom is 0.227 e. The van der Waals surface area contributed by atoms with Crippen LogP contribution in [0, 0.1) is 5.41 Å². The Labute approximate surface area is 181 Å². The standard InChI is InChI=1S/C22H28ClN5O2/c1-14(29)27-7-5-4-6-15(27)8-21(30)26-20-9-16(18(23)12-24-20)17-11-25-28-13-22(2,3)10-19(17)28/h9,11-12,15H,4-8,10,13H2,1-3H3,(H,24,26,30)/t15-/m0/s1. The predicted octanol–water partition coefficient (Wildman–Crippen LogP) is 3.91. The van der Waals surface area contributed by atoms with Gasteiger partial charge in [-0.1, -0.05) is 25.4 Å². The number of aromatic nitrogens is 3. The van der Waals surface area contributed by atoms with Crippen LogP contribution in [0.4, 0.5) is 5.82 Å². The SMILES string of the molecule is CC(=O)N1CCCC[C@H]1CC(=O)Nc1cc(-c2cnn3c2CC(C)(C)C3)c(Cl)cn1. The minimum Gasteiger partial charge on any atom is -0.339 e. The van der Waals surface area contributed by atoms with Crippen molar-refractivity contribution in [3.63, 3.8) is 0 Å². The highest BCUT2D eigenvalue weighted by atomic mass is 35.5. The first kappa shape index (κ1) is 20.8. The molecule has 1 saturated heterocycles. The van der Waals surface area contributed by atoms with Crippen molar-refractivity contribution in [3.8, 4) is 11.1 Å². The number of pyridine rings is 1. The van der Waals surface area contributed by atoms with Gasteiger partial charge in [0, 0.05) is 55.5 Å². The molecule has 0 saturated carbocycles. The van der Waals surface area contributed by atoms with Crippen LogP contribution >= 0.6 is 11.6 Å². The van der Waals surface area contributed by atoms with Gasteiger partial charge in [-0.25, -0.2) is 4.98 Å². The molecule has 160 valence electrons. The van der Waals surface area contributed by atoms with Crippen LogP contribution in [0.2, 0.25) is 5.02 Å². The van der Waals surface area contributed by atoms with Crippen LogP contribution in [0.3, 0.4) is 0 Å². The van der Waals surface area contributed by atoms with E-state index in [9.17, 15) is 9.59 Å². The first-order valence-electron chi connectivity index (χ1n) is 10.5. The van der Waals surface area contributed by atoms with Crippen molar-refractivity contribution in [2.75, 3.05) is 11.9 Å². The van der Waals surface area contributed by atoms with E-state index in [1.807, 2.05) is 21.8 Å². The molecule has 2 aromatic rings. The normalized spacial score (nSPS) is 20.1. The molecular weight excluding hydrogens is 402 g/mol. The van der Waals surface area contributed by atoms with Crippen molar-refractivity contribution in [2.24, 2.45) is 5.41 Å². The van der Waals surface area contributed by atoms with Crippen molar-refractivity contribution in [2.45, 2.75) is 65.5 Å². The largest absolute Gasteiger partial charge is 0.339 e. The Morgan fingerprint density at radius 2 is 2.07 bits per heavy atom. The van der Waals surface area contributed by atoms with E-state index in [1.165, 1.54) is 0 Å². The highest BCUT2D eigenvalue weighted by Crippen LogP contribution is 2.39. The summed E-state index contributed by atoms with van der Waals surface area (Å²) in [6.45, 7) is 7.61. The van der Waals surface area contributed by atoms with Crippen LogP contribution < -0.4 is 5.32 Å². The van der Waals surface area contributed by atoms with Gasteiger partial charge in [0.05, 0.1) is 11.2 Å². The molecule has 4 heterocycles. The molecular formula is C22H28ClN5O2. The number of halogens is 1. The molecule has 2 amide bonds. The molecule has 4 rings (SSSR count). The first-order chi connectivity index (χ1) is 14.2. The number of hydrogen-bond acceptors (Lipinski definition) is 4. The summed E-state index contributed by atoms with van der Waals surface area (Å²) in [4.78, 5) is 30.6. The predicted molar refractivity (Wildman–Crippen MR) is 116 cm³/mol. The van der Waals surface area contributed by atoms with Crippen molar-refractivity contribution >= 4 is 29.2 Å². The van der Waals surface area contributed by atoms with E-state index in [1.54, 1.807) is 13.1 Å². The molecule has 1 fully saturated rings. The van der Waals surface area contributed by atoms with Gasteiger partial charge in [-0.3, -0.25) is 14.3 Å². The van der Waals surface area contributed by atoms with Crippen LogP contribution in [0.15, 0.2) is 18.5 Å². The molecule has 0 unspecified atom stereocenters. The lowest BCUT2D eigenvalue weighted by atomic mass is 9.89. The van der Waals surface area contributed by atoms with Gasteiger partial charge in [-0.2, -0.15) is 5.10 Å². The molecule has 0 aromatic carbocycles. The average Bonchev–Trinajstić information content (AvgIpc) is 3.18. The fourth-order valence-electron chi connectivity index (χ4n) is 4.62. The smallest absolute Gasteiger partial charge is 0.227 e. The van der Waals surface area contributed by atoms with Gasteiger partial charge in [0.2, 0.25) is 11.8 Å². The Kier molecular flexibility index (Phi) is 5.57. The molecule has 0 spiro atoms. The maximum atomic E-state index is 12.7. The van der Waals surface area contributed by atoms with E-state index >= 15 is 0 Å². The number of anilines is 1. The minimum atomic E-state index is -0.143. The zero-order valence-electron chi connectivity index (χ0n) is 17.7. The quantitative estimate of drug-likeness (QED) is 0.798. The van der Waals surface area contributed by atoms with Gasteiger partial charge >= 0.3 is 0 Å². The number of carbonyl (C=O) groups is 2. The van der Waals surface area contributed by atoms with E-state index in [4.69, 9.17) is 11.6 Å². The second kappa shape index (κ2) is 8.02. The summed E-state index contributed by atoms with van der Waals surface area (Å²) in [5.41, 5.74) is 3.13. The van der Waals surface area contributed by atoms with Crippen molar-refractivity contribution in [3.05, 3.63) is 29.2 Å². The van der Waals surface area contributed by atoms with E-state index in [0.29, 0.717) is 10.8 Å². The number of nitrogens with zero attached hydrogens (tertiary/aromatic N) is 4. The van der Waals surface area contributed by atoms with E-state index in [0.717, 1.165) is 55.6 Å². The fourth-order valence-corrected chi connectivity index (χ4v) is 4.83. The monoisotopic (exact) mass is 429 g/mol. The molecule has 0 radical (unpaired) electrons.